The van der Waals surface area contributed by atoms with Crippen LogP contribution < -0.4 is 5.32 Å². The number of rotatable bonds is 4. The molecule has 0 amide bonds. The molecule has 1 atom stereocenters. The number of piperidine rings is 3. The maximum absolute atomic E-state index is 12.5. The normalized spacial score (nSPS) is 25.1. The number of pyridine rings is 1. The molecule has 4 heterocycles. The lowest BCUT2D eigenvalue weighted by Gasteiger charge is -2.45. The van der Waals surface area contributed by atoms with E-state index in [-0.39, 0.29) is 5.97 Å². The van der Waals surface area contributed by atoms with Crippen molar-refractivity contribution in [2.45, 2.75) is 25.8 Å². The topological polar surface area (TPSA) is 54.5 Å². The fourth-order valence-corrected chi connectivity index (χ4v) is 4.36. The summed E-state index contributed by atoms with van der Waals surface area (Å²) in [4.78, 5) is 19.4. The third-order valence-corrected chi connectivity index (χ3v) is 5.80. The second kappa shape index (κ2) is 6.92. The van der Waals surface area contributed by atoms with Crippen LogP contribution in [-0.4, -0.2) is 48.1 Å². The summed E-state index contributed by atoms with van der Waals surface area (Å²) in [5.41, 5.74) is 2.24. The Morgan fingerprint density at radius 2 is 2.20 bits per heavy atom. The van der Waals surface area contributed by atoms with Gasteiger partial charge in [-0.3, -0.25) is 4.98 Å². The van der Waals surface area contributed by atoms with Gasteiger partial charge in [-0.1, -0.05) is 15.9 Å². The zero-order chi connectivity index (χ0) is 17.4. The lowest BCUT2D eigenvalue weighted by Crippen LogP contribution is -2.53. The Bertz CT molecular complexity index is 803. The number of benzene rings is 1. The summed E-state index contributed by atoms with van der Waals surface area (Å²) in [5, 5.41) is 4.64. The van der Waals surface area contributed by atoms with E-state index in [4.69, 9.17) is 4.74 Å². The SMILES string of the molecule is CCOC(=O)c1cnc2ccc(Br)cc2c1NC1CN2CCC1CC2. The number of nitrogens with zero attached hydrogens (tertiary/aromatic N) is 2. The number of carbonyl (C=O) groups is 1. The van der Waals surface area contributed by atoms with Crippen LogP contribution in [0, 0.1) is 5.92 Å². The molecule has 3 aliphatic heterocycles. The van der Waals surface area contributed by atoms with E-state index < -0.39 is 0 Å². The Morgan fingerprint density at radius 3 is 2.88 bits per heavy atom. The van der Waals surface area contributed by atoms with E-state index >= 15 is 0 Å². The number of hydrogen-bond acceptors (Lipinski definition) is 5. The minimum Gasteiger partial charge on any atom is -0.462 e. The van der Waals surface area contributed by atoms with Crippen LogP contribution in [0.3, 0.4) is 0 Å². The van der Waals surface area contributed by atoms with Gasteiger partial charge in [-0.25, -0.2) is 4.79 Å². The molecule has 3 saturated heterocycles. The fraction of sp³-hybridized carbons (Fsp3) is 0.474. The summed E-state index contributed by atoms with van der Waals surface area (Å²) in [5.74, 6) is 0.344. The standard InChI is InChI=1S/C19H22BrN3O2/c1-2-25-19(24)15-10-21-16-4-3-13(20)9-14(16)18(15)22-17-11-23-7-5-12(17)6-8-23/h3-4,9-10,12,17H,2,5-8,11H2,1H3,(H,21,22). The largest absolute Gasteiger partial charge is 0.462 e. The maximum Gasteiger partial charge on any atom is 0.341 e. The maximum atomic E-state index is 12.5. The summed E-state index contributed by atoms with van der Waals surface area (Å²) in [6.45, 7) is 5.59. The minimum atomic E-state index is -0.319. The van der Waals surface area contributed by atoms with Gasteiger partial charge in [0.2, 0.25) is 0 Å². The van der Waals surface area contributed by atoms with Gasteiger partial charge < -0.3 is 15.0 Å². The molecular weight excluding hydrogens is 382 g/mol. The van der Waals surface area contributed by atoms with Gasteiger partial charge >= 0.3 is 5.97 Å². The first kappa shape index (κ1) is 16.8. The van der Waals surface area contributed by atoms with Crippen LogP contribution in [0.25, 0.3) is 10.9 Å². The van der Waals surface area contributed by atoms with Gasteiger partial charge in [0.15, 0.2) is 0 Å². The highest BCUT2D eigenvalue weighted by Gasteiger charge is 2.35. The van der Waals surface area contributed by atoms with Crippen LogP contribution >= 0.6 is 15.9 Å². The third kappa shape index (κ3) is 3.25. The Morgan fingerprint density at radius 1 is 1.40 bits per heavy atom. The van der Waals surface area contributed by atoms with Crippen molar-refractivity contribution in [3.63, 3.8) is 0 Å². The Kier molecular flexibility index (Phi) is 4.65. The molecule has 1 aromatic carbocycles. The summed E-state index contributed by atoms with van der Waals surface area (Å²) in [6.07, 6.45) is 4.08. The first-order chi connectivity index (χ1) is 12.2. The summed E-state index contributed by atoms with van der Waals surface area (Å²) < 4.78 is 6.23. The molecule has 25 heavy (non-hydrogen) atoms. The van der Waals surface area contributed by atoms with E-state index in [1.807, 2.05) is 25.1 Å². The van der Waals surface area contributed by atoms with Gasteiger partial charge in [0, 0.05) is 28.6 Å². The summed E-state index contributed by atoms with van der Waals surface area (Å²) >= 11 is 3.54. The Labute approximate surface area is 155 Å². The highest BCUT2D eigenvalue weighted by molar-refractivity contribution is 9.10. The first-order valence-corrected chi connectivity index (χ1v) is 9.69. The van der Waals surface area contributed by atoms with Gasteiger partial charge in [-0.15, -0.1) is 0 Å². The van der Waals surface area contributed by atoms with Crippen molar-refractivity contribution in [2.75, 3.05) is 31.6 Å². The molecule has 2 aromatic rings. The average molecular weight is 404 g/mol. The van der Waals surface area contributed by atoms with Gasteiger partial charge in [0.05, 0.1) is 17.8 Å². The molecule has 3 fully saturated rings. The molecule has 3 aliphatic rings. The second-order valence-corrected chi connectivity index (χ2v) is 7.73. The predicted molar refractivity (Wildman–Crippen MR) is 102 cm³/mol. The van der Waals surface area contributed by atoms with Gasteiger partial charge in [-0.05, 0) is 57.0 Å². The number of hydrogen-bond donors (Lipinski definition) is 1. The third-order valence-electron chi connectivity index (χ3n) is 5.31. The van der Waals surface area contributed by atoms with Gasteiger partial charge in [-0.2, -0.15) is 0 Å². The smallest absolute Gasteiger partial charge is 0.341 e. The van der Waals surface area contributed by atoms with E-state index in [9.17, 15) is 4.79 Å². The highest BCUT2D eigenvalue weighted by Crippen LogP contribution is 2.34. The summed E-state index contributed by atoms with van der Waals surface area (Å²) in [7, 11) is 0. The first-order valence-electron chi connectivity index (χ1n) is 8.90. The zero-order valence-electron chi connectivity index (χ0n) is 14.3. The van der Waals surface area contributed by atoms with Crippen molar-refractivity contribution in [3.05, 3.63) is 34.4 Å². The molecule has 6 heteroatoms. The monoisotopic (exact) mass is 403 g/mol. The molecule has 1 unspecified atom stereocenters. The molecule has 0 aliphatic carbocycles. The molecule has 5 nitrogen and oxygen atoms in total. The summed E-state index contributed by atoms with van der Waals surface area (Å²) in [6, 6.07) is 6.32. The van der Waals surface area contributed by atoms with Crippen molar-refractivity contribution in [1.29, 1.82) is 0 Å². The van der Waals surface area contributed by atoms with Crippen LogP contribution in [-0.2, 0) is 4.74 Å². The molecule has 0 spiro atoms. The molecule has 1 N–H and O–H groups in total. The average Bonchev–Trinajstić information content (AvgIpc) is 2.63. The van der Waals surface area contributed by atoms with Crippen molar-refractivity contribution < 1.29 is 9.53 Å². The molecule has 0 radical (unpaired) electrons. The number of halogens is 1. The van der Waals surface area contributed by atoms with Crippen LogP contribution in [0.1, 0.15) is 30.1 Å². The number of aromatic nitrogens is 1. The second-order valence-electron chi connectivity index (χ2n) is 6.82. The van der Waals surface area contributed by atoms with Crippen molar-refractivity contribution in [2.24, 2.45) is 5.92 Å². The predicted octanol–water partition coefficient (Wildman–Crippen LogP) is 3.68. The number of carbonyl (C=O) groups excluding carboxylic acids is 1. The van der Waals surface area contributed by atoms with E-state index in [2.05, 4.69) is 31.1 Å². The lowest BCUT2D eigenvalue weighted by atomic mass is 9.83. The van der Waals surface area contributed by atoms with E-state index in [1.165, 1.54) is 25.9 Å². The number of esters is 1. The van der Waals surface area contributed by atoms with Crippen molar-refractivity contribution in [1.82, 2.24) is 9.88 Å². The lowest BCUT2D eigenvalue weighted by molar-refractivity contribution is 0.0526. The van der Waals surface area contributed by atoms with Gasteiger partial charge in [0.25, 0.3) is 0 Å². The molecule has 132 valence electrons. The minimum absolute atomic E-state index is 0.319. The Balaban J connectivity index is 1.76. The van der Waals surface area contributed by atoms with Gasteiger partial charge in [0.1, 0.15) is 5.56 Å². The number of anilines is 1. The molecule has 5 rings (SSSR count). The van der Waals surface area contributed by atoms with Crippen molar-refractivity contribution >= 4 is 38.5 Å². The van der Waals surface area contributed by atoms with E-state index in [0.29, 0.717) is 24.1 Å². The van der Waals surface area contributed by atoms with Crippen LogP contribution in [0.15, 0.2) is 28.9 Å². The zero-order valence-corrected chi connectivity index (χ0v) is 15.9. The number of ether oxygens (including phenoxy) is 1. The van der Waals surface area contributed by atoms with E-state index in [1.54, 1.807) is 6.20 Å². The molecule has 1 aromatic heterocycles. The number of nitrogens with one attached hydrogen (secondary N) is 1. The van der Waals surface area contributed by atoms with Crippen LogP contribution in [0.4, 0.5) is 5.69 Å². The van der Waals surface area contributed by atoms with Crippen molar-refractivity contribution in [3.8, 4) is 0 Å². The fourth-order valence-electron chi connectivity index (χ4n) is 4.00. The quantitative estimate of drug-likeness (QED) is 0.788. The van der Waals surface area contributed by atoms with Crippen LogP contribution in [0.5, 0.6) is 0 Å². The molecular formula is C19H22BrN3O2. The molecule has 0 saturated carbocycles. The highest BCUT2D eigenvalue weighted by atomic mass is 79.9. The Hall–Kier alpha value is -1.66. The molecule has 2 bridgehead atoms. The van der Waals surface area contributed by atoms with Crippen LogP contribution in [0.2, 0.25) is 0 Å². The van der Waals surface area contributed by atoms with E-state index in [0.717, 1.165) is 27.6 Å². The number of fused-ring (bicyclic) bond motifs is 4.